The van der Waals surface area contributed by atoms with Crippen molar-refractivity contribution in [3.05, 3.63) is 29.8 Å². The summed E-state index contributed by atoms with van der Waals surface area (Å²) in [6.45, 7) is 0. The van der Waals surface area contributed by atoms with Gasteiger partial charge in [-0.05, 0) is 17.7 Å². The Morgan fingerprint density at radius 3 is 2.80 bits per heavy atom. The normalized spacial score (nSPS) is 9.40. The van der Waals surface area contributed by atoms with Crippen LogP contribution in [-0.2, 0) is 11.2 Å². The van der Waals surface area contributed by atoms with E-state index in [1.54, 1.807) is 25.3 Å². The number of guanidine groups is 1. The smallest absolute Gasteiger partial charge is 0.253 e. The van der Waals surface area contributed by atoms with Gasteiger partial charge in [-0.25, -0.2) is 0 Å². The predicted octanol–water partition coefficient (Wildman–Crippen LogP) is 0.0377. The molecule has 5 nitrogen and oxygen atoms in total. The highest BCUT2D eigenvalue weighted by Crippen LogP contribution is 2.13. The molecular weight excluding hydrogens is 194 g/mol. The van der Waals surface area contributed by atoms with Gasteiger partial charge in [-0.1, -0.05) is 12.1 Å². The number of hydrogen-bond donors (Lipinski definition) is 2. The highest BCUT2D eigenvalue weighted by molar-refractivity contribution is 5.92. The van der Waals surface area contributed by atoms with E-state index in [2.05, 4.69) is 4.99 Å². The summed E-state index contributed by atoms with van der Waals surface area (Å²) in [6.07, 6.45) is 0.162. The second kappa shape index (κ2) is 4.99. The molecule has 1 rings (SSSR count). The summed E-state index contributed by atoms with van der Waals surface area (Å²) >= 11 is 0. The highest BCUT2D eigenvalue weighted by Gasteiger charge is 2.03. The Balaban J connectivity index is 2.72. The average molecular weight is 207 g/mol. The second-order valence-corrected chi connectivity index (χ2v) is 2.96. The molecule has 0 saturated heterocycles. The molecule has 1 amide bonds. The molecule has 1 aromatic rings. The lowest BCUT2D eigenvalue weighted by molar-refractivity contribution is -0.117. The van der Waals surface area contributed by atoms with Gasteiger partial charge in [0.05, 0.1) is 13.5 Å². The summed E-state index contributed by atoms with van der Waals surface area (Å²) in [4.78, 5) is 14.7. The molecule has 0 spiro atoms. The number of carbonyl (C=O) groups excluding carboxylic acids is 1. The Hall–Kier alpha value is -2.04. The molecule has 80 valence electrons. The van der Waals surface area contributed by atoms with Crippen LogP contribution in [0.3, 0.4) is 0 Å². The van der Waals surface area contributed by atoms with Gasteiger partial charge in [0.1, 0.15) is 5.75 Å². The van der Waals surface area contributed by atoms with Gasteiger partial charge in [-0.15, -0.1) is 0 Å². The Kier molecular flexibility index (Phi) is 3.68. The molecule has 0 aliphatic rings. The average Bonchev–Trinajstić information content (AvgIpc) is 2.16. The van der Waals surface area contributed by atoms with Crippen molar-refractivity contribution in [3.63, 3.8) is 0 Å². The molecule has 15 heavy (non-hydrogen) atoms. The molecule has 4 N–H and O–H groups in total. The van der Waals surface area contributed by atoms with E-state index in [4.69, 9.17) is 16.2 Å². The molecule has 1 aromatic carbocycles. The first-order chi connectivity index (χ1) is 7.11. The van der Waals surface area contributed by atoms with Gasteiger partial charge in [-0.3, -0.25) is 4.79 Å². The lowest BCUT2D eigenvalue weighted by Gasteiger charge is -2.01. The maximum Gasteiger partial charge on any atom is 0.253 e. The van der Waals surface area contributed by atoms with Crippen molar-refractivity contribution in [1.29, 1.82) is 0 Å². The van der Waals surface area contributed by atoms with Crippen molar-refractivity contribution >= 4 is 11.9 Å². The Morgan fingerprint density at radius 2 is 2.20 bits per heavy atom. The highest BCUT2D eigenvalue weighted by atomic mass is 16.5. The quantitative estimate of drug-likeness (QED) is 0.540. The van der Waals surface area contributed by atoms with Gasteiger partial charge < -0.3 is 16.2 Å². The van der Waals surface area contributed by atoms with Crippen molar-refractivity contribution < 1.29 is 9.53 Å². The first kappa shape index (κ1) is 11.0. The summed E-state index contributed by atoms with van der Waals surface area (Å²) in [5.74, 6) is 0.108. The number of nitrogens with zero attached hydrogens (tertiary/aromatic N) is 1. The van der Waals surface area contributed by atoms with Crippen LogP contribution in [-0.4, -0.2) is 19.0 Å². The Morgan fingerprint density at radius 1 is 1.47 bits per heavy atom. The molecule has 0 unspecified atom stereocenters. The van der Waals surface area contributed by atoms with E-state index in [9.17, 15) is 4.79 Å². The van der Waals surface area contributed by atoms with E-state index in [-0.39, 0.29) is 18.3 Å². The van der Waals surface area contributed by atoms with Crippen LogP contribution in [0.1, 0.15) is 5.56 Å². The largest absolute Gasteiger partial charge is 0.497 e. The van der Waals surface area contributed by atoms with Gasteiger partial charge in [0.15, 0.2) is 5.96 Å². The van der Waals surface area contributed by atoms with E-state index < -0.39 is 0 Å². The molecule has 0 radical (unpaired) electrons. The first-order valence-corrected chi connectivity index (χ1v) is 4.37. The van der Waals surface area contributed by atoms with Gasteiger partial charge in [-0.2, -0.15) is 4.99 Å². The fourth-order valence-electron chi connectivity index (χ4n) is 1.14. The number of hydrogen-bond acceptors (Lipinski definition) is 2. The number of rotatable bonds is 3. The lowest BCUT2D eigenvalue weighted by Crippen LogP contribution is -2.24. The third-order valence-electron chi connectivity index (χ3n) is 1.74. The zero-order valence-electron chi connectivity index (χ0n) is 8.43. The number of amides is 1. The molecule has 0 saturated carbocycles. The van der Waals surface area contributed by atoms with E-state index >= 15 is 0 Å². The van der Waals surface area contributed by atoms with E-state index in [1.165, 1.54) is 0 Å². The van der Waals surface area contributed by atoms with Gasteiger partial charge >= 0.3 is 0 Å². The molecule has 5 heteroatoms. The number of ether oxygens (including phenoxy) is 1. The summed E-state index contributed by atoms with van der Waals surface area (Å²) in [6, 6.07) is 7.17. The van der Waals surface area contributed by atoms with Crippen molar-refractivity contribution in [2.75, 3.05) is 7.11 Å². The fraction of sp³-hybridized carbons (Fsp3) is 0.200. The second-order valence-electron chi connectivity index (χ2n) is 2.96. The van der Waals surface area contributed by atoms with Crippen LogP contribution in [0.25, 0.3) is 0 Å². The molecule has 0 fully saturated rings. The number of methoxy groups -OCH3 is 1. The molecule has 0 heterocycles. The molecule has 0 bridgehead atoms. The minimum absolute atomic E-state index is 0.162. The zero-order chi connectivity index (χ0) is 11.3. The summed E-state index contributed by atoms with van der Waals surface area (Å²) in [5.41, 5.74) is 11.0. The van der Waals surface area contributed by atoms with Gasteiger partial charge in [0.2, 0.25) is 0 Å². The zero-order valence-corrected chi connectivity index (χ0v) is 8.43. The minimum Gasteiger partial charge on any atom is -0.497 e. The van der Waals surface area contributed by atoms with Crippen LogP contribution in [0, 0.1) is 0 Å². The van der Waals surface area contributed by atoms with Crippen LogP contribution in [0.4, 0.5) is 0 Å². The SMILES string of the molecule is COc1cccc(CC(=O)N=C(N)N)c1. The lowest BCUT2D eigenvalue weighted by atomic mass is 10.1. The number of aliphatic imine (C=N–C) groups is 1. The predicted molar refractivity (Wildman–Crippen MR) is 57.5 cm³/mol. The monoisotopic (exact) mass is 207 g/mol. The third-order valence-corrected chi connectivity index (χ3v) is 1.74. The van der Waals surface area contributed by atoms with Gasteiger partial charge in [0, 0.05) is 0 Å². The molecular formula is C10H13N3O2. The van der Waals surface area contributed by atoms with E-state index in [0.29, 0.717) is 5.75 Å². The van der Waals surface area contributed by atoms with Crippen LogP contribution < -0.4 is 16.2 Å². The fourth-order valence-corrected chi connectivity index (χ4v) is 1.14. The van der Waals surface area contributed by atoms with Crippen LogP contribution >= 0.6 is 0 Å². The van der Waals surface area contributed by atoms with Crippen molar-refractivity contribution in [2.45, 2.75) is 6.42 Å². The molecule has 0 atom stereocenters. The van der Waals surface area contributed by atoms with Crippen molar-refractivity contribution in [1.82, 2.24) is 0 Å². The molecule has 0 aliphatic heterocycles. The summed E-state index contributed by atoms with van der Waals surface area (Å²) < 4.78 is 5.02. The maximum absolute atomic E-state index is 11.2. The molecule has 0 aliphatic carbocycles. The Bertz CT molecular complexity index is 384. The minimum atomic E-state index is -0.372. The maximum atomic E-state index is 11.2. The van der Waals surface area contributed by atoms with E-state index in [1.807, 2.05) is 6.07 Å². The van der Waals surface area contributed by atoms with Gasteiger partial charge in [0.25, 0.3) is 5.91 Å². The Labute approximate surface area is 87.7 Å². The van der Waals surface area contributed by atoms with Crippen LogP contribution in [0.15, 0.2) is 29.3 Å². The number of benzene rings is 1. The number of carbonyl (C=O) groups is 1. The summed E-state index contributed by atoms with van der Waals surface area (Å²) in [7, 11) is 1.57. The third kappa shape index (κ3) is 3.68. The van der Waals surface area contributed by atoms with Crippen molar-refractivity contribution in [3.8, 4) is 5.75 Å². The van der Waals surface area contributed by atoms with Crippen LogP contribution in [0.2, 0.25) is 0 Å². The topological polar surface area (TPSA) is 90.7 Å². The van der Waals surface area contributed by atoms with Crippen LogP contribution in [0.5, 0.6) is 5.75 Å². The van der Waals surface area contributed by atoms with Crippen molar-refractivity contribution in [2.24, 2.45) is 16.5 Å². The number of nitrogens with two attached hydrogens (primary N) is 2. The summed E-state index contributed by atoms with van der Waals surface area (Å²) in [5, 5.41) is 0. The standard InChI is InChI=1S/C10H13N3O2/c1-15-8-4-2-3-7(5-8)6-9(14)13-10(11)12/h2-5H,6H2,1H3,(H4,11,12,13,14). The molecule has 0 aromatic heterocycles. The first-order valence-electron chi connectivity index (χ1n) is 4.37. The van der Waals surface area contributed by atoms with E-state index in [0.717, 1.165) is 5.56 Å².